The second-order valence-electron chi connectivity index (χ2n) is 6.84. The van der Waals surface area contributed by atoms with E-state index in [2.05, 4.69) is 10.00 Å². The van der Waals surface area contributed by atoms with E-state index in [0.717, 1.165) is 32.2 Å². The van der Waals surface area contributed by atoms with Crippen LogP contribution in [0.5, 0.6) is 0 Å². The summed E-state index contributed by atoms with van der Waals surface area (Å²) in [6, 6.07) is 0.162. The Morgan fingerprint density at radius 2 is 2.04 bits per heavy atom. The quantitative estimate of drug-likeness (QED) is 0.704. The minimum absolute atomic E-state index is 0.0974. The zero-order chi connectivity index (χ0) is 18.1. The third-order valence-electron chi connectivity index (χ3n) is 4.69. The Kier molecular flexibility index (Phi) is 5.55. The molecular formula is C16H25N5O2S2. The summed E-state index contributed by atoms with van der Waals surface area (Å²) in [5.41, 5.74) is 0. The van der Waals surface area contributed by atoms with E-state index in [1.165, 1.54) is 11.3 Å². The molecule has 2 amide bonds. The van der Waals surface area contributed by atoms with E-state index < -0.39 is 0 Å². The van der Waals surface area contributed by atoms with E-state index in [0.29, 0.717) is 22.2 Å². The summed E-state index contributed by atoms with van der Waals surface area (Å²) in [5, 5.41) is 5.30. The number of hydrogen-bond acceptors (Lipinski definition) is 6. The average molecular weight is 384 g/mol. The summed E-state index contributed by atoms with van der Waals surface area (Å²) in [4.78, 5) is 30.2. The lowest BCUT2D eigenvalue weighted by Gasteiger charge is -2.25. The number of nitrogens with zero attached hydrogens (tertiary/aromatic N) is 5. The average Bonchev–Trinajstić information content (AvgIpc) is 3.19. The van der Waals surface area contributed by atoms with Crippen molar-refractivity contribution in [3.8, 4) is 0 Å². The maximum atomic E-state index is 12.3. The molecule has 2 aliphatic rings. The highest BCUT2D eigenvalue weighted by Gasteiger charge is 2.36. The number of likely N-dealkylation sites (N-methyl/N-ethyl adjacent to an activating group) is 1. The van der Waals surface area contributed by atoms with Crippen molar-refractivity contribution in [3.63, 3.8) is 0 Å². The molecule has 2 fully saturated rings. The van der Waals surface area contributed by atoms with Crippen LogP contribution >= 0.6 is 23.6 Å². The van der Waals surface area contributed by atoms with Crippen molar-refractivity contribution in [1.29, 1.82) is 0 Å². The molecule has 3 rings (SSSR count). The maximum absolute atomic E-state index is 12.3. The number of carbonyl (C=O) groups excluding carboxylic acids is 2. The number of carbonyl (C=O) groups is 2. The van der Waals surface area contributed by atoms with Gasteiger partial charge in [-0.05, 0) is 37.9 Å². The topological polar surface area (TPSA) is 61.7 Å². The Balaban J connectivity index is 1.77. The lowest BCUT2D eigenvalue weighted by atomic mass is 10.2. The molecule has 9 heteroatoms. The van der Waals surface area contributed by atoms with E-state index in [4.69, 9.17) is 12.2 Å². The maximum Gasteiger partial charge on any atom is 0.239 e. The smallest absolute Gasteiger partial charge is 0.239 e. The predicted octanol–water partition coefficient (Wildman–Crippen LogP) is 2.09. The summed E-state index contributed by atoms with van der Waals surface area (Å²) in [5.74, 6) is 0.223. The normalized spacial score (nSPS) is 20.7. The molecule has 1 atom stereocenters. The molecule has 0 spiro atoms. The Morgan fingerprint density at radius 3 is 2.64 bits per heavy atom. The minimum atomic E-state index is -0.112. The molecule has 138 valence electrons. The van der Waals surface area contributed by atoms with Crippen molar-refractivity contribution < 1.29 is 9.59 Å². The van der Waals surface area contributed by atoms with Crippen molar-refractivity contribution in [2.24, 2.45) is 0 Å². The highest BCUT2D eigenvalue weighted by Crippen LogP contribution is 2.34. The van der Waals surface area contributed by atoms with Gasteiger partial charge in [-0.3, -0.25) is 19.4 Å². The summed E-state index contributed by atoms with van der Waals surface area (Å²) in [7, 11) is 3.57. The van der Waals surface area contributed by atoms with Crippen LogP contribution < -0.4 is 4.90 Å². The SMILES string of the molecule is CCC(=O)N(c1nn(CN2CCC[C@H]2C(=O)N(C)C)c(=S)s1)C1CC1. The standard InChI is InChI=1S/C16H25N5O2S2/c1-4-13(22)21(11-7-8-11)15-17-20(16(24)25-15)10-19-9-5-6-12(19)14(23)18(2)3/h11-12H,4-10H2,1-3H3/t12-/m0/s1. The van der Waals surface area contributed by atoms with E-state index in [-0.39, 0.29) is 23.9 Å². The molecule has 1 aliphatic carbocycles. The predicted molar refractivity (Wildman–Crippen MR) is 100 cm³/mol. The van der Waals surface area contributed by atoms with Gasteiger partial charge in [-0.1, -0.05) is 18.3 Å². The van der Waals surface area contributed by atoms with Gasteiger partial charge in [0.1, 0.15) is 0 Å². The largest absolute Gasteiger partial charge is 0.347 e. The minimum Gasteiger partial charge on any atom is -0.347 e. The van der Waals surface area contributed by atoms with Crippen LogP contribution in [0.1, 0.15) is 39.0 Å². The van der Waals surface area contributed by atoms with Gasteiger partial charge in [0.25, 0.3) is 0 Å². The first kappa shape index (κ1) is 18.5. The molecule has 0 bridgehead atoms. The molecule has 1 saturated heterocycles. The van der Waals surface area contributed by atoms with Gasteiger partial charge in [0.15, 0.2) is 3.95 Å². The molecule has 1 saturated carbocycles. The summed E-state index contributed by atoms with van der Waals surface area (Å²) >= 11 is 6.85. The number of hydrogen-bond donors (Lipinski definition) is 0. The number of likely N-dealkylation sites (tertiary alicyclic amines) is 1. The molecule has 0 radical (unpaired) electrons. The lowest BCUT2D eigenvalue weighted by Crippen LogP contribution is -2.43. The number of amides is 2. The Morgan fingerprint density at radius 1 is 1.32 bits per heavy atom. The highest BCUT2D eigenvalue weighted by molar-refractivity contribution is 7.73. The van der Waals surface area contributed by atoms with Gasteiger partial charge in [0, 0.05) is 33.1 Å². The second kappa shape index (κ2) is 7.51. The van der Waals surface area contributed by atoms with Crippen LogP contribution in [0.4, 0.5) is 5.13 Å². The zero-order valence-corrected chi connectivity index (χ0v) is 16.6. The Hall–Kier alpha value is -1.32. The second-order valence-corrected chi connectivity index (χ2v) is 8.44. The van der Waals surface area contributed by atoms with Crippen molar-refractivity contribution in [3.05, 3.63) is 3.95 Å². The molecule has 0 N–H and O–H groups in total. The van der Waals surface area contributed by atoms with Crippen molar-refractivity contribution in [2.45, 2.75) is 57.8 Å². The third-order valence-corrected chi connectivity index (χ3v) is 6.00. The van der Waals surface area contributed by atoms with Crippen molar-refractivity contribution >= 4 is 40.5 Å². The zero-order valence-electron chi connectivity index (χ0n) is 15.0. The lowest BCUT2D eigenvalue weighted by molar-refractivity contribution is -0.134. The fourth-order valence-electron chi connectivity index (χ4n) is 3.20. The molecular weight excluding hydrogens is 358 g/mol. The van der Waals surface area contributed by atoms with E-state index in [1.54, 1.807) is 23.7 Å². The van der Waals surface area contributed by atoms with Crippen LogP contribution in [0.2, 0.25) is 0 Å². The molecule has 0 aromatic carbocycles. The summed E-state index contributed by atoms with van der Waals surface area (Å²) < 4.78 is 2.40. The van der Waals surface area contributed by atoms with Crippen LogP contribution in [-0.2, 0) is 16.3 Å². The number of aromatic nitrogens is 2. The fourth-order valence-corrected chi connectivity index (χ4v) is 4.37. The van der Waals surface area contributed by atoms with Crippen LogP contribution in [0.3, 0.4) is 0 Å². The Labute approximate surface area is 157 Å². The first-order valence-corrected chi connectivity index (χ1v) is 10.00. The van der Waals surface area contributed by atoms with Gasteiger partial charge in [-0.25, -0.2) is 4.68 Å². The van der Waals surface area contributed by atoms with Gasteiger partial charge < -0.3 is 4.90 Å². The number of rotatable bonds is 6. The molecule has 2 heterocycles. The van der Waals surface area contributed by atoms with Gasteiger partial charge in [-0.15, -0.1) is 5.10 Å². The van der Waals surface area contributed by atoms with Gasteiger partial charge in [0.05, 0.1) is 12.7 Å². The van der Waals surface area contributed by atoms with Gasteiger partial charge in [0.2, 0.25) is 16.9 Å². The molecule has 25 heavy (non-hydrogen) atoms. The monoisotopic (exact) mass is 383 g/mol. The van der Waals surface area contributed by atoms with Gasteiger partial charge >= 0.3 is 0 Å². The highest BCUT2D eigenvalue weighted by atomic mass is 32.1. The summed E-state index contributed by atoms with van der Waals surface area (Å²) in [6.07, 6.45) is 4.39. The van der Waals surface area contributed by atoms with Gasteiger partial charge in [-0.2, -0.15) is 0 Å². The van der Waals surface area contributed by atoms with E-state index >= 15 is 0 Å². The van der Waals surface area contributed by atoms with Crippen molar-refractivity contribution in [1.82, 2.24) is 19.6 Å². The molecule has 1 aromatic heterocycles. The molecule has 0 unspecified atom stereocenters. The van der Waals surface area contributed by atoms with Crippen LogP contribution in [0.25, 0.3) is 0 Å². The van der Waals surface area contributed by atoms with Crippen LogP contribution in [-0.4, -0.2) is 64.1 Å². The molecule has 1 aromatic rings. The van der Waals surface area contributed by atoms with Crippen LogP contribution in [0.15, 0.2) is 0 Å². The van der Waals surface area contributed by atoms with E-state index in [9.17, 15) is 9.59 Å². The first-order valence-electron chi connectivity index (χ1n) is 8.77. The Bertz CT molecular complexity index is 710. The van der Waals surface area contributed by atoms with E-state index in [1.807, 2.05) is 11.8 Å². The van der Waals surface area contributed by atoms with Crippen molar-refractivity contribution in [2.75, 3.05) is 25.5 Å². The number of anilines is 1. The molecule has 1 aliphatic heterocycles. The summed E-state index contributed by atoms with van der Waals surface area (Å²) in [6.45, 7) is 3.23. The third kappa shape index (κ3) is 3.93. The first-order chi connectivity index (χ1) is 11.9. The molecule has 7 nitrogen and oxygen atoms in total. The fraction of sp³-hybridized carbons (Fsp3) is 0.750. The van der Waals surface area contributed by atoms with Crippen LogP contribution in [0, 0.1) is 3.95 Å².